The number of aliphatic hydroxyl groups is 1. The highest BCUT2D eigenvalue weighted by Crippen LogP contribution is 1.83. The van der Waals surface area contributed by atoms with E-state index in [1.54, 1.807) is 0 Å². The van der Waals surface area contributed by atoms with Crippen LogP contribution < -0.4 is 0 Å². The maximum atomic E-state index is 9.93. The predicted octanol–water partition coefficient (Wildman–Crippen LogP) is -0.534. The van der Waals surface area contributed by atoms with E-state index in [4.69, 9.17) is 10.2 Å². The van der Waals surface area contributed by atoms with Gasteiger partial charge in [-0.15, -0.1) is 0 Å². The number of rotatable bonds is 4. The van der Waals surface area contributed by atoms with Crippen molar-refractivity contribution in [3.8, 4) is 0 Å². The molecule has 0 aromatic heterocycles. The molecule has 0 rings (SSSR count). The fourth-order valence-corrected chi connectivity index (χ4v) is 0.346. The minimum absolute atomic E-state index is 0.208. The van der Waals surface area contributed by atoms with Crippen molar-refractivity contribution in [2.24, 2.45) is 0 Å². The van der Waals surface area contributed by atoms with Crippen LogP contribution in [0.5, 0.6) is 0 Å². The number of hydrogen-bond donors (Lipinski definition) is 2. The number of nitrogens with zero attached hydrogens (tertiary/aromatic N) is 1. The molecular formula is C5H9NO3. The van der Waals surface area contributed by atoms with Crippen molar-refractivity contribution in [3.63, 3.8) is 0 Å². The first kappa shape index (κ1) is 7.97. The van der Waals surface area contributed by atoms with Crippen molar-refractivity contribution in [1.29, 1.82) is 0 Å². The Hall–Kier alpha value is -1.03. The molecule has 2 N–H and O–H groups in total. The van der Waals surface area contributed by atoms with E-state index in [-0.39, 0.29) is 13.3 Å². The van der Waals surface area contributed by atoms with Gasteiger partial charge in [0.15, 0.2) is 0 Å². The molecule has 0 aliphatic carbocycles. The quantitative estimate of drug-likeness (QED) is 0.503. The molecule has 0 atom stereocenters. The van der Waals surface area contributed by atoms with Gasteiger partial charge in [-0.1, -0.05) is 6.58 Å². The largest absolute Gasteiger partial charge is 0.480 e. The van der Waals surface area contributed by atoms with Gasteiger partial charge in [0.2, 0.25) is 0 Å². The molecule has 0 unspecified atom stereocenters. The zero-order valence-electron chi connectivity index (χ0n) is 4.95. The van der Waals surface area contributed by atoms with Gasteiger partial charge in [0.25, 0.3) is 0 Å². The van der Waals surface area contributed by atoms with E-state index < -0.39 is 5.97 Å². The zero-order valence-corrected chi connectivity index (χ0v) is 4.95. The lowest BCUT2D eigenvalue weighted by molar-refractivity contribution is -0.138. The highest BCUT2D eigenvalue weighted by Gasteiger charge is 2.00. The Morgan fingerprint density at radius 1 is 1.78 bits per heavy atom. The Kier molecular flexibility index (Phi) is 3.46. The Labute approximate surface area is 53.0 Å². The second kappa shape index (κ2) is 3.91. The summed E-state index contributed by atoms with van der Waals surface area (Å²) in [7, 11) is 0. The van der Waals surface area contributed by atoms with Gasteiger partial charge < -0.3 is 15.1 Å². The maximum absolute atomic E-state index is 9.93. The summed E-state index contributed by atoms with van der Waals surface area (Å²) in [5, 5.41) is 16.5. The molecule has 4 nitrogen and oxygen atoms in total. The molecule has 0 spiro atoms. The molecule has 9 heavy (non-hydrogen) atoms. The third-order valence-electron chi connectivity index (χ3n) is 0.778. The van der Waals surface area contributed by atoms with Crippen molar-refractivity contribution < 1.29 is 15.0 Å². The summed E-state index contributed by atoms with van der Waals surface area (Å²) in [6.45, 7) is 2.77. The van der Waals surface area contributed by atoms with Gasteiger partial charge in [-0.3, -0.25) is 4.79 Å². The summed E-state index contributed by atoms with van der Waals surface area (Å²) in [5.74, 6) is -0.982. The van der Waals surface area contributed by atoms with E-state index in [0.717, 1.165) is 0 Å². The molecule has 52 valence electrons. The molecule has 0 fully saturated rings. The number of carbonyl (C=O) groups is 1. The van der Waals surface area contributed by atoms with Gasteiger partial charge in [-0.05, 0) is 6.20 Å². The van der Waals surface area contributed by atoms with Crippen LogP contribution in [-0.4, -0.2) is 34.4 Å². The molecule has 0 amide bonds. The highest BCUT2D eigenvalue weighted by atomic mass is 16.4. The lowest BCUT2D eigenvalue weighted by atomic mass is 10.6. The van der Waals surface area contributed by atoms with E-state index in [1.165, 1.54) is 11.1 Å². The standard InChI is InChI=1S/C5H9NO3/c1-2-6(4-7)3-5(8)9/h2,7H,1,3-4H2,(H,8,9). The zero-order chi connectivity index (χ0) is 7.28. The van der Waals surface area contributed by atoms with Crippen LogP contribution in [0.4, 0.5) is 0 Å². The van der Waals surface area contributed by atoms with Crippen LogP contribution in [0.2, 0.25) is 0 Å². The summed E-state index contributed by atoms with van der Waals surface area (Å²) < 4.78 is 0. The topological polar surface area (TPSA) is 60.8 Å². The summed E-state index contributed by atoms with van der Waals surface area (Å²) in [6.07, 6.45) is 1.27. The maximum Gasteiger partial charge on any atom is 0.323 e. The van der Waals surface area contributed by atoms with Crippen LogP contribution in [0, 0.1) is 0 Å². The fraction of sp³-hybridized carbons (Fsp3) is 0.400. The highest BCUT2D eigenvalue weighted by molar-refractivity contribution is 5.69. The van der Waals surface area contributed by atoms with Gasteiger partial charge in [-0.25, -0.2) is 0 Å². The smallest absolute Gasteiger partial charge is 0.323 e. The molecule has 0 aliphatic heterocycles. The van der Waals surface area contributed by atoms with E-state index in [1.807, 2.05) is 0 Å². The average Bonchev–Trinajstić information content (AvgIpc) is 1.82. The first-order valence-corrected chi connectivity index (χ1v) is 2.40. The third kappa shape index (κ3) is 3.54. The molecule has 0 saturated heterocycles. The molecule has 0 aromatic carbocycles. The third-order valence-corrected chi connectivity index (χ3v) is 0.778. The van der Waals surface area contributed by atoms with Crippen molar-refractivity contribution in [2.75, 3.05) is 13.3 Å². The summed E-state index contributed by atoms with van der Waals surface area (Å²) >= 11 is 0. The van der Waals surface area contributed by atoms with Crippen LogP contribution in [0.25, 0.3) is 0 Å². The van der Waals surface area contributed by atoms with Gasteiger partial charge in [-0.2, -0.15) is 0 Å². The van der Waals surface area contributed by atoms with Crippen LogP contribution in [0.1, 0.15) is 0 Å². The summed E-state index contributed by atoms with van der Waals surface area (Å²) in [5.41, 5.74) is 0. The number of carboxylic acid groups (broad SMARTS) is 1. The van der Waals surface area contributed by atoms with Crippen LogP contribution in [0.3, 0.4) is 0 Å². The van der Waals surface area contributed by atoms with E-state index >= 15 is 0 Å². The molecule has 0 bridgehead atoms. The van der Waals surface area contributed by atoms with Crippen molar-refractivity contribution in [1.82, 2.24) is 4.90 Å². The Morgan fingerprint density at radius 3 is 2.44 bits per heavy atom. The SMILES string of the molecule is C=CN(CO)CC(=O)O. The van der Waals surface area contributed by atoms with E-state index in [2.05, 4.69) is 6.58 Å². The van der Waals surface area contributed by atoms with Gasteiger partial charge in [0.1, 0.15) is 13.3 Å². The Bertz CT molecular complexity index is 113. The Morgan fingerprint density at radius 2 is 2.33 bits per heavy atom. The first-order valence-electron chi connectivity index (χ1n) is 2.40. The summed E-state index contributed by atoms with van der Waals surface area (Å²) in [6, 6.07) is 0. The number of aliphatic hydroxyl groups excluding tert-OH is 1. The molecular weight excluding hydrogens is 122 g/mol. The number of carboxylic acids is 1. The summed E-state index contributed by atoms with van der Waals surface area (Å²) in [4.78, 5) is 11.1. The van der Waals surface area contributed by atoms with Gasteiger partial charge in [0, 0.05) is 0 Å². The normalized spacial score (nSPS) is 8.56. The lowest BCUT2D eigenvalue weighted by Crippen LogP contribution is -2.25. The molecule has 0 saturated carbocycles. The predicted molar refractivity (Wildman–Crippen MR) is 31.6 cm³/mol. The Balaban J connectivity index is 3.55. The number of aliphatic carboxylic acids is 1. The van der Waals surface area contributed by atoms with E-state index in [9.17, 15) is 4.79 Å². The van der Waals surface area contributed by atoms with Crippen molar-refractivity contribution >= 4 is 5.97 Å². The van der Waals surface area contributed by atoms with Gasteiger partial charge in [0.05, 0.1) is 0 Å². The van der Waals surface area contributed by atoms with E-state index in [0.29, 0.717) is 0 Å². The average molecular weight is 131 g/mol. The number of hydrogen-bond acceptors (Lipinski definition) is 3. The fourth-order valence-electron chi connectivity index (χ4n) is 0.346. The van der Waals surface area contributed by atoms with Crippen molar-refractivity contribution in [2.45, 2.75) is 0 Å². The minimum Gasteiger partial charge on any atom is -0.480 e. The van der Waals surface area contributed by atoms with Crippen LogP contribution in [-0.2, 0) is 4.79 Å². The first-order chi connectivity index (χ1) is 4.20. The second-order valence-electron chi connectivity index (χ2n) is 1.46. The lowest BCUT2D eigenvalue weighted by Gasteiger charge is -2.11. The van der Waals surface area contributed by atoms with Crippen LogP contribution >= 0.6 is 0 Å². The molecule has 0 aromatic rings. The monoisotopic (exact) mass is 131 g/mol. The molecule has 4 heteroatoms. The molecule has 0 radical (unpaired) electrons. The molecule has 0 aliphatic rings. The molecule has 0 heterocycles. The minimum atomic E-state index is -0.982. The van der Waals surface area contributed by atoms with Gasteiger partial charge >= 0.3 is 5.97 Å². The van der Waals surface area contributed by atoms with Crippen molar-refractivity contribution in [3.05, 3.63) is 12.8 Å². The van der Waals surface area contributed by atoms with Crippen LogP contribution in [0.15, 0.2) is 12.8 Å². The second-order valence-corrected chi connectivity index (χ2v) is 1.46.